The van der Waals surface area contributed by atoms with Crippen LogP contribution in [0.2, 0.25) is 0 Å². The van der Waals surface area contributed by atoms with Crippen LogP contribution in [0.3, 0.4) is 0 Å². The minimum Gasteiger partial charge on any atom is -0.356 e. The Morgan fingerprint density at radius 2 is 1.82 bits per heavy atom. The third-order valence-corrected chi connectivity index (χ3v) is 4.62. The van der Waals surface area contributed by atoms with Crippen molar-refractivity contribution in [3.05, 3.63) is 84.8 Å². The summed E-state index contributed by atoms with van der Waals surface area (Å²) < 4.78 is 7.24. The molecule has 6 nitrogen and oxygen atoms in total. The Morgan fingerprint density at radius 3 is 2.75 bits per heavy atom. The van der Waals surface area contributed by atoms with Crippen LogP contribution in [-0.2, 0) is 11.2 Å². The molecular weight excluding hydrogens is 352 g/mol. The van der Waals surface area contributed by atoms with Gasteiger partial charge in [-0.05, 0) is 30.3 Å². The molecule has 0 aliphatic rings. The Hall–Kier alpha value is -3.93. The first-order valence-corrected chi connectivity index (χ1v) is 8.94. The number of pyridine rings is 1. The molecule has 5 aromatic rings. The van der Waals surface area contributed by atoms with Gasteiger partial charge < -0.3 is 14.2 Å². The van der Waals surface area contributed by atoms with Gasteiger partial charge in [0, 0.05) is 23.3 Å². The number of anilines is 1. The maximum atomic E-state index is 12.7. The van der Waals surface area contributed by atoms with Crippen molar-refractivity contribution in [1.29, 1.82) is 0 Å². The number of hydrogen-bond donors (Lipinski definition) is 1. The lowest BCUT2D eigenvalue weighted by atomic mass is 10.1. The quantitative estimate of drug-likeness (QED) is 0.513. The topological polar surface area (TPSA) is 72.4 Å². The lowest BCUT2D eigenvalue weighted by molar-refractivity contribution is -0.115. The maximum Gasteiger partial charge on any atom is 0.230 e. The predicted molar refractivity (Wildman–Crippen MR) is 107 cm³/mol. The smallest absolute Gasteiger partial charge is 0.230 e. The van der Waals surface area contributed by atoms with Gasteiger partial charge in [-0.1, -0.05) is 41.6 Å². The van der Waals surface area contributed by atoms with Gasteiger partial charge in [-0.25, -0.2) is 4.98 Å². The van der Waals surface area contributed by atoms with Gasteiger partial charge >= 0.3 is 0 Å². The third kappa shape index (κ3) is 2.91. The van der Waals surface area contributed by atoms with E-state index in [1.54, 1.807) is 0 Å². The summed E-state index contributed by atoms with van der Waals surface area (Å²) in [6.07, 6.45) is 4.03. The van der Waals surface area contributed by atoms with E-state index in [2.05, 4.69) is 15.5 Å². The highest BCUT2D eigenvalue weighted by molar-refractivity contribution is 5.97. The fourth-order valence-electron chi connectivity index (χ4n) is 3.29. The minimum absolute atomic E-state index is 0.135. The second-order valence-corrected chi connectivity index (χ2v) is 6.49. The molecule has 0 spiro atoms. The molecule has 0 radical (unpaired) electrons. The molecule has 3 heterocycles. The van der Waals surface area contributed by atoms with E-state index in [0.717, 1.165) is 22.3 Å². The number of rotatable bonds is 4. The number of amides is 1. The highest BCUT2D eigenvalue weighted by Gasteiger charge is 2.15. The van der Waals surface area contributed by atoms with Gasteiger partial charge in [-0.15, -0.1) is 0 Å². The standard InChI is InChI=1S/C22H16N4O2/c27-22(13-18-16-8-2-4-10-20(16)28-25-18)24-17-9-3-1-7-15(17)19-14-26-12-6-5-11-21(26)23-19/h1-12,14H,13H2,(H,24,27). The molecular formula is C22H16N4O2. The monoisotopic (exact) mass is 368 g/mol. The molecule has 136 valence electrons. The molecule has 2 aromatic carbocycles. The van der Waals surface area contributed by atoms with Crippen molar-refractivity contribution in [2.45, 2.75) is 6.42 Å². The molecule has 0 aliphatic carbocycles. The molecule has 1 N–H and O–H groups in total. The molecule has 0 bridgehead atoms. The molecule has 3 aromatic heterocycles. The first kappa shape index (κ1) is 16.3. The Morgan fingerprint density at radius 1 is 1.00 bits per heavy atom. The van der Waals surface area contributed by atoms with Gasteiger partial charge in [0.05, 0.1) is 17.8 Å². The van der Waals surface area contributed by atoms with E-state index in [-0.39, 0.29) is 12.3 Å². The van der Waals surface area contributed by atoms with Crippen LogP contribution in [0.25, 0.3) is 27.9 Å². The van der Waals surface area contributed by atoms with Crippen LogP contribution in [0, 0.1) is 0 Å². The second-order valence-electron chi connectivity index (χ2n) is 6.49. The van der Waals surface area contributed by atoms with Crippen LogP contribution in [-0.4, -0.2) is 20.4 Å². The average Bonchev–Trinajstić information content (AvgIpc) is 3.33. The normalized spacial score (nSPS) is 11.1. The van der Waals surface area contributed by atoms with Crippen molar-refractivity contribution in [2.75, 3.05) is 5.32 Å². The molecule has 0 saturated carbocycles. The van der Waals surface area contributed by atoms with Crippen molar-refractivity contribution in [3.8, 4) is 11.3 Å². The average molecular weight is 368 g/mol. The Kier molecular flexibility index (Phi) is 3.87. The number of nitrogens with one attached hydrogen (secondary N) is 1. The van der Waals surface area contributed by atoms with E-state index in [4.69, 9.17) is 4.52 Å². The van der Waals surface area contributed by atoms with E-state index in [9.17, 15) is 4.79 Å². The number of carbonyl (C=O) groups is 1. The fourth-order valence-corrected chi connectivity index (χ4v) is 3.29. The van der Waals surface area contributed by atoms with Gasteiger partial charge in [0.25, 0.3) is 0 Å². The van der Waals surface area contributed by atoms with E-state index in [0.29, 0.717) is 17.0 Å². The number of para-hydroxylation sites is 2. The zero-order valence-electron chi connectivity index (χ0n) is 14.9. The Balaban J connectivity index is 1.43. The molecule has 28 heavy (non-hydrogen) atoms. The summed E-state index contributed by atoms with van der Waals surface area (Å²) in [4.78, 5) is 17.3. The zero-order valence-corrected chi connectivity index (χ0v) is 14.9. The van der Waals surface area contributed by atoms with Crippen LogP contribution < -0.4 is 5.32 Å². The predicted octanol–water partition coefficient (Wildman–Crippen LogP) is 4.32. The summed E-state index contributed by atoms with van der Waals surface area (Å²) in [7, 11) is 0. The number of nitrogens with zero attached hydrogens (tertiary/aromatic N) is 3. The molecule has 0 unspecified atom stereocenters. The molecule has 5 rings (SSSR count). The third-order valence-electron chi connectivity index (χ3n) is 4.62. The number of aromatic nitrogens is 3. The fraction of sp³-hybridized carbons (Fsp3) is 0.0455. The minimum atomic E-state index is -0.157. The van der Waals surface area contributed by atoms with Crippen LogP contribution in [0.1, 0.15) is 5.69 Å². The first-order chi connectivity index (χ1) is 13.8. The molecule has 0 atom stereocenters. The van der Waals surface area contributed by atoms with Crippen molar-refractivity contribution >= 4 is 28.2 Å². The van der Waals surface area contributed by atoms with Gasteiger partial charge in [-0.2, -0.15) is 0 Å². The van der Waals surface area contributed by atoms with E-state index >= 15 is 0 Å². The number of imidazole rings is 1. The summed E-state index contributed by atoms with van der Waals surface area (Å²) in [5.74, 6) is -0.157. The largest absolute Gasteiger partial charge is 0.356 e. The van der Waals surface area contributed by atoms with Gasteiger partial charge in [0.2, 0.25) is 5.91 Å². The molecule has 0 aliphatic heterocycles. The number of fused-ring (bicyclic) bond motifs is 2. The Labute approximate surface area is 160 Å². The van der Waals surface area contributed by atoms with Gasteiger partial charge in [0.15, 0.2) is 5.58 Å². The van der Waals surface area contributed by atoms with Crippen LogP contribution >= 0.6 is 0 Å². The summed E-state index contributed by atoms with van der Waals surface area (Å²) in [6.45, 7) is 0. The highest BCUT2D eigenvalue weighted by Crippen LogP contribution is 2.28. The van der Waals surface area contributed by atoms with Crippen LogP contribution in [0.4, 0.5) is 5.69 Å². The highest BCUT2D eigenvalue weighted by atomic mass is 16.5. The summed E-state index contributed by atoms with van der Waals surface area (Å²) >= 11 is 0. The van der Waals surface area contributed by atoms with Crippen LogP contribution in [0.15, 0.2) is 83.6 Å². The van der Waals surface area contributed by atoms with Crippen molar-refractivity contribution in [1.82, 2.24) is 14.5 Å². The van der Waals surface area contributed by atoms with Crippen molar-refractivity contribution in [3.63, 3.8) is 0 Å². The first-order valence-electron chi connectivity index (χ1n) is 8.94. The number of benzene rings is 2. The Bertz CT molecular complexity index is 1270. The maximum absolute atomic E-state index is 12.7. The van der Waals surface area contributed by atoms with E-state index in [1.807, 2.05) is 83.5 Å². The second kappa shape index (κ2) is 6.66. The summed E-state index contributed by atoms with van der Waals surface area (Å²) in [5, 5.41) is 7.87. The molecule has 6 heteroatoms. The van der Waals surface area contributed by atoms with E-state index in [1.165, 1.54) is 0 Å². The summed E-state index contributed by atoms with van der Waals surface area (Å²) in [6, 6.07) is 21.0. The van der Waals surface area contributed by atoms with Crippen LogP contribution in [0.5, 0.6) is 0 Å². The SMILES string of the molecule is O=C(Cc1noc2ccccc12)Nc1ccccc1-c1cn2ccccc2n1. The molecule has 0 saturated heterocycles. The van der Waals surface area contributed by atoms with Crippen molar-refractivity contribution < 1.29 is 9.32 Å². The van der Waals surface area contributed by atoms with Gasteiger partial charge in [0.1, 0.15) is 11.3 Å². The number of carbonyl (C=O) groups excluding carboxylic acids is 1. The lowest BCUT2D eigenvalue weighted by Gasteiger charge is -2.09. The molecule has 1 amide bonds. The molecule has 0 fully saturated rings. The summed E-state index contributed by atoms with van der Waals surface area (Å²) in [5.41, 5.74) is 4.53. The lowest BCUT2D eigenvalue weighted by Crippen LogP contribution is -2.15. The van der Waals surface area contributed by atoms with Crippen molar-refractivity contribution in [2.24, 2.45) is 0 Å². The van der Waals surface area contributed by atoms with E-state index < -0.39 is 0 Å². The van der Waals surface area contributed by atoms with Gasteiger partial charge in [-0.3, -0.25) is 4.79 Å². The zero-order chi connectivity index (χ0) is 18.9. The number of hydrogen-bond acceptors (Lipinski definition) is 4.